The van der Waals surface area contributed by atoms with Crippen LogP contribution in [0.4, 0.5) is 4.39 Å². The number of hydrogen-bond acceptors (Lipinski definition) is 5. The van der Waals surface area contributed by atoms with Gasteiger partial charge in [0.05, 0.1) is 18.8 Å². The van der Waals surface area contributed by atoms with Gasteiger partial charge in [0.25, 0.3) is 5.91 Å². The quantitative estimate of drug-likeness (QED) is 0.602. The van der Waals surface area contributed by atoms with Gasteiger partial charge in [0.15, 0.2) is 0 Å². The van der Waals surface area contributed by atoms with Crippen LogP contribution in [0.1, 0.15) is 16.8 Å². The van der Waals surface area contributed by atoms with E-state index in [-0.39, 0.29) is 18.5 Å². The Bertz CT molecular complexity index is 508. The first kappa shape index (κ1) is 13.4. The van der Waals surface area contributed by atoms with E-state index in [1.165, 1.54) is 25.4 Å². The average Bonchev–Trinajstić information content (AvgIpc) is 2.79. The molecule has 0 spiro atoms. The van der Waals surface area contributed by atoms with Crippen LogP contribution in [0.2, 0.25) is 0 Å². The molecule has 2 rings (SSSR count). The molecule has 1 amide bonds. The summed E-state index contributed by atoms with van der Waals surface area (Å²) in [6, 6.07) is 1.81. The molecule has 6 nitrogen and oxygen atoms in total. The first-order valence-corrected chi connectivity index (χ1v) is 5.72. The fourth-order valence-corrected chi connectivity index (χ4v) is 2.10. The number of rotatable bonds is 2. The van der Waals surface area contributed by atoms with Crippen molar-refractivity contribution in [3.63, 3.8) is 0 Å². The van der Waals surface area contributed by atoms with Gasteiger partial charge in [-0.2, -0.15) is 4.39 Å². The Morgan fingerprint density at radius 2 is 2.32 bits per heavy atom. The maximum absolute atomic E-state index is 13.5. The van der Waals surface area contributed by atoms with Gasteiger partial charge in [-0.05, 0) is 12.1 Å². The lowest BCUT2D eigenvalue weighted by Gasteiger charge is -2.22. The summed E-state index contributed by atoms with van der Waals surface area (Å²) >= 11 is 0. The Kier molecular flexibility index (Phi) is 3.75. The zero-order valence-corrected chi connectivity index (χ0v) is 10.2. The molecule has 0 bridgehead atoms. The molecule has 2 atom stereocenters. The number of likely N-dealkylation sites (tertiary alicyclic amines) is 1. The number of nitrogens with zero attached hydrogens (tertiary/aromatic N) is 2. The summed E-state index contributed by atoms with van der Waals surface area (Å²) < 4.78 is 18.0. The molecule has 2 unspecified atom stereocenters. The molecule has 0 radical (unpaired) electrons. The van der Waals surface area contributed by atoms with E-state index in [2.05, 4.69) is 9.72 Å². The third kappa shape index (κ3) is 2.55. The highest BCUT2D eigenvalue weighted by molar-refractivity contribution is 5.97. The van der Waals surface area contributed by atoms with Crippen molar-refractivity contribution in [2.75, 3.05) is 13.7 Å². The molecule has 19 heavy (non-hydrogen) atoms. The van der Waals surface area contributed by atoms with Crippen molar-refractivity contribution < 1.29 is 23.8 Å². The van der Waals surface area contributed by atoms with Gasteiger partial charge >= 0.3 is 5.97 Å². The number of amides is 1. The lowest BCUT2D eigenvalue weighted by atomic mass is 10.2. The molecule has 1 aromatic rings. The predicted molar refractivity (Wildman–Crippen MR) is 61.7 cm³/mol. The minimum atomic E-state index is -0.905. The first-order valence-electron chi connectivity index (χ1n) is 5.72. The van der Waals surface area contributed by atoms with E-state index in [9.17, 15) is 19.1 Å². The maximum Gasteiger partial charge on any atom is 0.328 e. The van der Waals surface area contributed by atoms with E-state index >= 15 is 0 Å². The molecule has 102 valence electrons. The predicted octanol–water partition coefficient (Wildman–Crippen LogP) is -0.0309. The fraction of sp³-hybridized carbons (Fsp3) is 0.417. The normalized spacial score (nSPS) is 22.4. The van der Waals surface area contributed by atoms with Gasteiger partial charge in [0.2, 0.25) is 5.95 Å². The van der Waals surface area contributed by atoms with Crippen LogP contribution in [-0.2, 0) is 9.53 Å². The summed E-state index contributed by atoms with van der Waals surface area (Å²) in [4.78, 5) is 28.2. The molecular weight excluding hydrogens is 255 g/mol. The highest BCUT2D eigenvalue weighted by Gasteiger charge is 2.40. The number of aliphatic hydroxyl groups excluding tert-OH is 1. The highest BCUT2D eigenvalue weighted by Crippen LogP contribution is 2.22. The van der Waals surface area contributed by atoms with Crippen LogP contribution in [0.5, 0.6) is 0 Å². The molecule has 0 aliphatic carbocycles. The molecule has 1 aromatic heterocycles. The third-order valence-corrected chi connectivity index (χ3v) is 3.00. The second kappa shape index (κ2) is 5.31. The molecule has 2 heterocycles. The van der Waals surface area contributed by atoms with E-state index in [0.29, 0.717) is 0 Å². The van der Waals surface area contributed by atoms with Gasteiger partial charge in [-0.3, -0.25) is 4.79 Å². The Labute approximate surface area is 108 Å². The summed E-state index contributed by atoms with van der Waals surface area (Å²) in [5.41, 5.74) is -0.231. The van der Waals surface area contributed by atoms with Gasteiger partial charge < -0.3 is 14.7 Å². The number of halogens is 1. The number of esters is 1. The summed E-state index contributed by atoms with van der Waals surface area (Å²) in [6.07, 6.45) is 0.482. The Hall–Kier alpha value is -2.02. The van der Waals surface area contributed by atoms with Gasteiger partial charge in [0.1, 0.15) is 6.04 Å². The second-order valence-corrected chi connectivity index (χ2v) is 4.23. The lowest BCUT2D eigenvalue weighted by Crippen LogP contribution is -2.41. The van der Waals surface area contributed by atoms with Gasteiger partial charge in [-0.25, -0.2) is 9.78 Å². The van der Waals surface area contributed by atoms with Crippen LogP contribution < -0.4 is 0 Å². The Balaban J connectivity index is 2.27. The van der Waals surface area contributed by atoms with Crippen molar-refractivity contribution in [2.24, 2.45) is 0 Å². The van der Waals surface area contributed by atoms with Gasteiger partial charge in [-0.15, -0.1) is 0 Å². The fourth-order valence-electron chi connectivity index (χ4n) is 2.10. The molecule has 1 aliphatic heterocycles. The monoisotopic (exact) mass is 268 g/mol. The average molecular weight is 268 g/mol. The van der Waals surface area contributed by atoms with Gasteiger partial charge in [0, 0.05) is 19.2 Å². The summed E-state index contributed by atoms with van der Waals surface area (Å²) in [7, 11) is 1.19. The molecule has 7 heteroatoms. The topological polar surface area (TPSA) is 79.7 Å². The van der Waals surface area contributed by atoms with Crippen molar-refractivity contribution in [2.45, 2.75) is 18.6 Å². The Morgan fingerprint density at radius 1 is 1.58 bits per heavy atom. The van der Waals surface area contributed by atoms with E-state index in [1.807, 2.05) is 0 Å². The summed E-state index contributed by atoms with van der Waals surface area (Å²) in [6.45, 7) is -0.0348. The van der Waals surface area contributed by atoms with Crippen molar-refractivity contribution in [1.29, 1.82) is 0 Å². The number of methoxy groups -OCH3 is 1. The van der Waals surface area contributed by atoms with Crippen molar-refractivity contribution in [3.05, 3.63) is 29.8 Å². The Morgan fingerprint density at radius 3 is 2.95 bits per heavy atom. The molecular formula is C12H13FN2O4. The number of β-amino-alcohol motifs (C(OH)–C–C–N with tert-alkyl or cyclic N) is 1. The van der Waals surface area contributed by atoms with E-state index in [4.69, 9.17) is 0 Å². The third-order valence-electron chi connectivity index (χ3n) is 3.00. The molecule has 1 N–H and O–H groups in total. The molecule has 1 saturated heterocycles. The van der Waals surface area contributed by atoms with E-state index in [1.54, 1.807) is 0 Å². The number of ether oxygens (including phenoxy) is 1. The molecule has 0 aromatic carbocycles. The summed E-state index contributed by atoms with van der Waals surface area (Å²) in [5.74, 6) is -2.22. The maximum atomic E-state index is 13.5. The number of aliphatic hydroxyl groups is 1. The van der Waals surface area contributed by atoms with Crippen LogP contribution in [-0.4, -0.2) is 52.7 Å². The molecule has 0 saturated carbocycles. The minimum Gasteiger partial charge on any atom is -0.467 e. The van der Waals surface area contributed by atoms with Crippen LogP contribution in [0, 0.1) is 5.95 Å². The number of pyridine rings is 1. The summed E-state index contributed by atoms with van der Waals surface area (Å²) in [5, 5.41) is 9.57. The van der Waals surface area contributed by atoms with E-state index in [0.717, 1.165) is 4.90 Å². The van der Waals surface area contributed by atoms with Crippen LogP contribution in [0.25, 0.3) is 0 Å². The molecule has 1 fully saturated rings. The first-order chi connectivity index (χ1) is 9.04. The number of carbonyl (C=O) groups excluding carboxylic acids is 2. The standard InChI is InChI=1S/C12H13FN2O4/c1-19-12(18)9-5-7(16)6-15(9)11(17)8-3-2-4-14-10(8)13/h2-4,7,9,16H,5-6H2,1H3. The highest BCUT2D eigenvalue weighted by atomic mass is 19.1. The zero-order chi connectivity index (χ0) is 14.0. The second-order valence-electron chi connectivity index (χ2n) is 4.23. The smallest absolute Gasteiger partial charge is 0.328 e. The zero-order valence-electron chi connectivity index (χ0n) is 10.2. The number of aromatic nitrogens is 1. The minimum absolute atomic E-state index is 0.0348. The van der Waals surface area contributed by atoms with E-state index < -0.39 is 30.0 Å². The van der Waals surface area contributed by atoms with Gasteiger partial charge in [-0.1, -0.05) is 0 Å². The largest absolute Gasteiger partial charge is 0.467 e. The SMILES string of the molecule is COC(=O)C1CC(O)CN1C(=O)c1cccnc1F. The van der Waals surface area contributed by atoms with Crippen LogP contribution in [0.3, 0.4) is 0 Å². The van der Waals surface area contributed by atoms with Crippen molar-refractivity contribution >= 4 is 11.9 Å². The molecule has 1 aliphatic rings. The number of carbonyl (C=O) groups is 2. The van der Waals surface area contributed by atoms with Crippen molar-refractivity contribution in [3.8, 4) is 0 Å². The number of hydrogen-bond donors (Lipinski definition) is 1. The van der Waals surface area contributed by atoms with Crippen LogP contribution in [0.15, 0.2) is 18.3 Å². The lowest BCUT2D eigenvalue weighted by molar-refractivity contribution is -0.145. The van der Waals surface area contributed by atoms with Crippen molar-refractivity contribution in [1.82, 2.24) is 9.88 Å². The van der Waals surface area contributed by atoms with Crippen LogP contribution >= 0.6 is 0 Å².